The summed E-state index contributed by atoms with van der Waals surface area (Å²) < 4.78 is 16.7. The van der Waals surface area contributed by atoms with Gasteiger partial charge >= 0.3 is 7.60 Å². The molecule has 0 aromatic heterocycles. The molecule has 2 unspecified atom stereocenters. The van der Waals surface area contributed by atoms with E-state index in [0.717, 1.165) is 18.4 Å². The quantitative estimate of drug-likeness (QED) is 0.767. The predicted molar refractivity (Wildman–Crippen MR) is 67.2 cm³/mol. The van der Waals surface area contributed by atoms with E-state index in [-0.39, 0.29) is 5.75 Å². The predicted octanol–water partition coefficient (Wildman–Crippen LogP) is 3.46. The Kier molecular flexibility index (Phi) is 5.19. The van der Waals surface area contributed by atoms with Crippen molar-refractivity contribution in [1.29, 1.82) is 0 Å². The molecule has 17 heavy (non-hydrogen) atoms. The highest BCUT2D eigenvalue weighted by molar-refractivity contribution is 7.53. The molecule has 2 atom stereocenters. The molecule has 0 aliphatic heterocycles. The van der Waals surface area contributed by atoms with Crippen LogP contribution in [0.3, 0.4) is 0 Å². The Hall–Kier alpha value is -0.830. The van der Waals surface area contributed by atoms with Gasteiger partial charge in [0.25, 0.3) is 0 Å². The van der Waals surface area contributed by atoms with Crippen molar-refractivity contribution >= 4 is 7.60 Å². The standard InChI is InChI=1S/C12H19O4P/c1-3-4-5-12(17(14,15)16-2)10-6-8-11(13)9-7-10/h6-9,12-13H,3-5H2,1-2H3,(H,14,15). The molecular formula is C12H19O4P. The fourth-order valence-electron chi connectivity index (χ4n) is 1.74. The van der Waals surface area contributed by atoms with E-state index in [1.165, 1.54) is 19.2 Å². The van der Waals surface area contributed by atoms with E-state index in [1.807, 2.05) is 6.92 Å². The van der Waals surface area contributed by atoms with Crippen molar-refractivity contribution in [3.05, 3.63) is 29.8 Å². The van der Waals surface area contributed by atoms with E-state index in [4.69, 9.17) is 4.52 Å². The van der Waals surface area contributed by atoms with Crippen molar-refractivity contribution in [1.82, 2.24) is 0 Å². The maximum Gasteiger partial charge on any atom is 0.335 e. The Morgan fingerprint density at radius 2 is 1.94 bits per heavy atom. The topological polar surface area (TPSA) is 66.8 Å². The van der Waals surface area contributed by atoms with Gasteiger partial charge in [-0.3, -0.25) is 4.57 Å². The minimum Gasteiger partial charge on any atom is -0.508 e. The van der Waals surface area contributed by atoms with Crippen LogP contribution in [0.1, 0.15) is 37.4 Å². The number of hydrogen-bond donors (Lipinski definition) is 2. The van der Waals surface area contributed by atoms with Crippen LogP contribution in [0.25, 0.3) is 0 Å². The number of hydrogen-bond acceptors (Lipinski definition) is 3. The first-order chi connectivity index (χ1) is 8.01. The summed E-state index contributed by atoms with van der Waals surface area (Å²) in [7, 11) is -2.38. The summed E-state index contributed by atoms with van der Waals surface area (Å²) in [5.74, 6) is 0.146. The van der Waals surface area contributed by atoms with Crippen molar-refractivity contribution in [2.45, 2.75) is 31.8 Å². The summed E-state index contributed by atoms with van der Waals surface area (Å²) >= 11 is 0. The van der Waals surface area contributed by atoms with Crippen LogP contribution in [0.5, 0.6) is 5.75 Å². The van der Waals surface area contributed by atoms with Gasteiger partial charge in [-0.15, -0.1) is 0 Å². The second-order valence-corrected chi connectivity index (χ2v) is 6.11. The Morgan fingerprint density at radius 1 is 1.35 bits per heavy atom. The van der Waals surface area contributed by atoms with Gasteiger partial charge in [0, 0.05) is 7.11 Å². The summed E-state index contributed by atoms with van der Waals surface area (Å²) in [5.41, 5.74) is 0.206. The van der Waals surface area contributed by atoms with Gasteiger partial charge in [0.05, 0.1) is 5.66 Å². The zero-order valence-corrected chi connectivity index (χ0v) is 11.1. The summed E-state index contributed by atoms with van der Waals surface area (Å²) in [6.45, 7) is 2.03. The molecule has 4 nitrogen and oxygen atoms in total. The second kappa shape index (κ2) is 6.20. The van der Waals surface area contributed by atoms with Crippen LogP contribution >= 0.6 is 7.60 Å². The summed E-state index contributed by atoms with van der Waals surface area (Å²) in [6.07, 6.45) is 2.42. The second-order valence-electron chi connectivity index (χ2n) is 4.00. The van der Waals surface area contributed by atoms with Crippen LogP contribution in [0.2, 0.25) is 0 Å². The van der Waals surface area contributed by atoms with Crippen molar-refractivity contribution in [2.24, 2.45) is 0 Å². The molecule has 2 N–H and O–H groups in total. The SMILES string of the molecule is CCCCC(c1ccc(O)cc1)P(=O)(O)OC. The van der Waals surface area contributed by atoms with Crippen molar-refractivity contribution in [2.75, 3.05) is 7.11 Å². The van der Waals surface area contributed by atoms with Crippen molar-refractivity contribution < 1.29 is 19.1 Å². The lowest BCUT2D eigenvalue weighted by Gasteiger charge is -2.21. The maximum atomic E-state index is 11.9. The number of unbranched alkanes of at least 4 members (excludes halogenated alkanes) is 1. The largest absolute Gasteiger partial charge is 0.508 e. The molecule has 0 amide bonds. The molecule has 0 fully saturated rings. The molecule has 5 heteroatoms. The van der Waals surface area contributed by atoms with Crippen molar-refractivity contribution in [3.8, 4) is 5.75 Å². The maximum absolute atomic E-state index is 11.9. The van der Waals surface area contributed by atoms with E-state index in [0.29, 0.717) is 6.42 Å². The molecule has 0 spiro atoms. The van der Waals surface area contributed by atoms with Crippen LogP contribution in [0, 0.1) is 0 Å². The van der Waals surface area contributed by atoms with Gasteiger partial charge in [-0.2, -0.15) is 0 Å². The normalized spacial score (nSPS) is 16.4. The van der Waals surface area contributed by atoms with Crippen LogP contribution in [0.4, 0.5) is 0 Å². The minimum absolute atomic E-state index is 0.146. The molecule has 0 radical (unpaired) electrons. The number of rotatable bonds is 6. The molecule has 0 saturated heterocycles. The molecule has 0 aliphatic rings. The van der Waals surface area contributed by atoms with Crippen LogP contribution in [-0.4, -0.2) is 17.1 Å². The van der Waals surface area contributed by atoms with Gasteiger partial charge in [-0.25, -0.2) is 0 Å². The molecule has 0 bridgehead atoms. The van der Waals surface area contributed by atoms with Crippen LogP contribution in [0.15, 0.2) is 24.3 Å². The number of phenols is 1. The fourth-order valence-corrected chi connectivity index (χ4v) is 3.05. The monoisotopic (exact) mass is 258 g/mol. The number of benzene rings is 1. The molecule has 0 aliphatic carbocycles. The Labute approximate surface area is 102 Å². The zero-order valence-electron chi connectivity index (χ0n) is 10.2. The summed E-state index contributed by atoms with van der Waals surface area (Å²) in [6, 6.07) is 6.36. The van der Waals surface area contributed by atoms with Gasteiger partial charge in [0.2, 0.25) is 0 Å². The summed E-state index contributed by atoms with van der Waals surface area (Å²) in [5, 5.41) is 9.21. The van der Waals surface area contributed by atoms with Crippen molar-refractivity contribution in [3.63, 3.8) is 0 Å². The van der Waals surface area contributed by atoms with Gasteiger partial charge in [-0.05, 0) is 24.1 Å². The Balaban J connectivity index is 2.97. The lowest BCUT2D eigenvalue weighted by molar-refractivity contribution is 0.301. The molecule has 1 aromatic carbocycles. The molecular weight excluding hydrogens is 239 g/mol. The average Bonchev–Trinajstić information content (AvgIpc) is 2.31. The summed E-state index contributed by atoms with van der Waals surface area (Å²) in [4.78, 5) is 9.80. The number of phenolic OH excluding ortho intramolecular Hbond substituents is 1. The number of aromatic hydroxyl groups is 1. The van der Waals surface area contributed by atoms with E-state index in [9.17, 15) is 14.6 Å². The highest BCUT2D eigenvalue weighted by Gasteiger charge is 2.32. The van der Waals surface area contributed by atoms with Crippen LogP contribution < -0.4 is 0 Å². The van der Waals surface area contributed by atoms with Gasteiger partial charge in [0.15, 0.2) is 0 Å². The third-order valence-electron chi connectivity index (χ3n) is 2.76. The van der Waals surface area contributed by atoms with E-state index < -0.39 is 13.3 Å². The fraction of sp³-hybridized carbons (Fsp3) is 0.500. The molecule has 1 rings (SSSR count). The first kappa shape index (κ1) is 14.2. The molecule has 96 valence electrons. The van der Waals surface area contributed by atoms with E-state index >= 15 is 0 Å². The Bertz CT molecular complexity index is 388. The van der Waals surface area contributed by atoms with Gasteiger partial charge < -0.3 is 14.5 Å². The minimum atomic E-state index is -3.63. The lowest BCUT2D eigenvalue weighted by Crippen LogP contribution is -2.02. The first-order valence-electron chi connectivity index (χ1n) is 5.68. The smallest absolute Gasteiger partial charge is 0.335 e. The van der Waals surface area contributed by atoms with E-state index in [1.54, 1.807) is 12.1 Å². The highest BCUT2D eigenvalue weighted by Crippen LogP contribution is 2.58. The van der Waals surface area contributed by atoms with E-state index in [2.05, 4.69) is 0 Å². The lowest BCUT2D eigenvalue weighted by atomic mass is 10.1. The molecule has 0 heterocycles. The highest BCUT2D eigenvalue weighted by atomic mass is 31.2. The van der Waals surface area contributed by atoms with Gasteiger partial charge in [-0.1, -0.05) is 31.9 Å². The van der Waals surface area contributed by atoms with Gasteiger partial charge in [0.1, 0.15) is 5.75 Å². The third kappa shape index (κ3) is 3.84. The first-order valence-corrected chi connectivity index (χ1v) is 7.33. The Morgan fingerprint density at radius 3 is 2.41 bits per heavy atom. The molecule has 1 aromatic rings. The zero-order chi connectivity index (χ0) is 12.9. The third-order valence-corrected chi connectivity index (χ3v) is 4.63. The average molecular weight is 258 g/mol. The molecule has 0 saturated carbocycles. The van der Waals surface area contributed by atoms with Crippen LogP contribution in [-0.2, 0) is 9.09 Å².